The molecule has 2 rings (SSSR count). The zero-order valence-corrected chi connectivity index (χ0v) is 10.7. The van der Waals surface area contributed by atoms with Crippen molar-refractivity contribution in [1.29, 1.82) is 0 Å². The third kappa shape index (κ3) is 3.39. The molecule has 1 heterocycles. The highest BCUT2D eigenvalue weighted by molar-refractivity contribution is 7.79. The highest BCUT2D eigenvalue weighted by Gasteiger charge is 2.28. The van der Waals surface area contributed by atoms with E-state index in [1.165, 1.54) is 24.3 Å². The van der Waals surface area contributed by atoms with E-state index in [2.05, 4.69) is 0 Å². The molecule has 19 heavy (non-hydrogen) atoms. The van der Waals surface area contributed by atoms with Crippen LogP contribution in [0.3, 0.4) is 0 Å². The molecule has 0 radical (unpaired) electrons. The quantitative estimate of drug-likeness (QED) is 0.661. The Kier molecular flexibility index (Phi) is 4.28. The van der Waals surface area contributed by atoms with E-state index in [4.69, 9.17) is 14.0 Å². The lowest BCUT2D eigenvalue weighted by Crippen LogP contribution is -2.33. The van der Waals surface area contributed by atoms with E-state index in [1.807, 2.05) is 0 Å². The van der Waals surface area contributed by atoms with Crippen LogP contribution in [0.2, 0.25) is 0 Å². The van der Waals surface area contributed by atoms with Crippen LogP contribution in [0, 0.1) is 0 Å². The highest BCUT2D eigenvalue weighted by Crippen LogP contribution is 2.15. The van der Waals surface area contributed by atoms with Crippen molar-refractivity contribution in [1.82, 2.24) is 0 Å². The summed E-state index contributed by atoms with van der Waals surface area (Å²) in [4.78, 5) is 23.3. The van der Waals surface area contributed by atoms with Gasteiger partial charge in [-0.25, -0.2) is 13.8 Å². The molecule has 102 valence electrons. The van der Waals surface area contributed by atoms with Crippen LogP contribution in [-0.4, -0.2) is 33.4 Å². The van der Waals surface area contributed by atoms with Gasteiger partial charge in [-0.3, -0.25) is 0 Å². The van der Waals surface area contributed by atoms with Crippen LogP contribution in [0.1, 0.15) is 23.2 Å². The van der Waals surface area contributed by atoms with Crippen molar-refractivity contribution in [3.63, 3.8) is 0 Å². The number of cyclic esters (lactones) is 1. The third-order valence-electron chi connectivity index (χ3n) is 2.66. The molecule has 0 spiro atoms. The van der Waals surface area contributed by atoms with Crippen molar-refractivity contribution in [2.24, 2.45) is 0 Å². The van der Waals surface area contributed by atoms with Gasteiger partial charge in [-0.2, -0.15) is 0 Å². The second-order valence-corrected chi connectivity index (χ2v) is 4.95. The van der Waals surface area contributed by atoms with Gasteiger partial charge in [-0.05, 0) is 37.1 Å². The number of hydrogen-bond donors (Lipinski definition) is 1. The predicted molar refractivity (Wildman–Crippen MR) is 64.9 cm³/mol. The lowest BCUT2D eigenvalue weighted by molar-refractivity contribution is -0.159. The standard InChI is InChI=1S/C12H12O6S/c13-11(18-10-2-1-7-17-12(10)14)8-3-5-9(6-4-8)19(15)16/h3-6,10H,1-2,7H2,(H,15,16). The zero-order chi connectivity index (χ0) is 13.8. The van der Waals surface area contributed by atoms with E-state index < -0.39 is 29.1 Å². The normalized spacial score (nSPS) is 20.5. The van der Waals surface area contributed by atoms with E-state index in [0.29, 0.717) is 19.4 Å². The molecule has 1 N–H and O–H groups in total. The first-order valence-corrected chi connectivity index (χ1v) is 6.77. The van der Waals surface area contributed by atoms with Crippen LogP contribution in [0.4, 0.5) is 0 Å². The molecule has 2 atom stereocenters. The summed E-state index contributed by atoms with van der Waals surface area (Å²) in [5.41, 5.74) is 0.215. The lowest BCUT2D eigenvalue weighted by atomic mass is 10.1. The Hall–Kier alpha value is -1.73. The molecule has 0 amide bonds. The molecule has 7 heteroatoms. The van der Waals surface area contributed by atoms with Gasteiger partial charge in [0, 0.05) is 0 Å². The Morgan fingerprint density at radius 2 is 2.05 bits per heavy atom. The van der Waals surface area contributed by atoms with Gasteiger partial charge in [-0.15, -0.1) is 0 Å². The van der Waals surface area contributed by atoms with Crippen molar-refractivity contribution in [2.45, 2.75) is 23.8 Å². The first-order chi connectivity index (χ1) is 9.08. The monoisotopic (exact) mass is 284 g/mol. The summed E-state index contributed by atoms with van der Waals surface area (Å²) in [7, 11) is 0. The molecule has 1 fully saturated rings. The molecule has 0 bridgehead atoms. The molecule has 6 nitrogen and oxygen atoms in total. The van der Waals surface area contributed by atoms with Gasteiger partial charge in [0.15, 0.2) is 17.2 Å². The van der Waals surface area contributed by atoms with E-state index in [-0.39, 0.29) is 10.5 Å². The molecule has 1 aliphatic rings. The minimum Gasteiger partial charge on any atom is -0.463 e. The van der Waals surface area contributed by atoms with Gasteiger partial charge in [0.05, 0.1) is 17.1 Å². The molecule has 1 aliphatic heterocycles. The van der Waals surface area contributed by atoms with Crippen molar-refractivity contribution in [3.8, 4) is 0 Å². The second kappa shape index (κ2) is 5.94. The van der Waals surface area contributed by atoms with Gasteiger partial charge in [0.2, 0.25) is 0 Å². The van der Waals surface area contributed by atoms with Gasteiger partial charge in [0.25, 0.3) is 0 Å². The first-order valence-electron chi connectivity index (χ1n) is 5.66. The summed E-state index contributed by atoms with van der Waals surface area (Å²) in [5.74, 6) is -1.19. The van der Waals surface area contributed by atoms with Crippen LogP contribution in [0.25, 0.3) is 0 Å². The topological polar surface area (TPSA) is 89.9 Å². The fraction of sp³-hybridized carbons (Fsp3) is 0.333. The number of carbonyl (C=O) groups excluding carboxylic acids is 2. The smallest absolute Gasteiger partial charge is 0.347 e. The van der Waals surface area contributed by atoms with Gasteiger partial charge in [-0.1, -0.05) is 0 Å². The Balaban J connectivity index is 2.03. The van der Waals surface area contributed by atoms with Gasteiger partial charge in [0.1, 0.15) is 0 Å². The Morgan fingerprint density at radius 1 is 1.37 bits per heavy atom. The molecule has 1 aromatic rings. The van der Waals surface area contributed by atoms with E-state index in [1.54, 1.807) is 0 Å². The number of carbonyl (C=O) groups is 2. The minimum absolute atomic E-state index is 0.189. The maximum Gasteiger partial charge on any atom is 0.347 e. The first kappa shape index (κ1) is 13.7. The number of ether oxygens (including phenoxy) is 2. The fourth-order valence-electron chi connectivity index (χ4n) is 1.66. The van der Waals surface area contributed by atoms with Crippen molar-refractivity contribution in [2.75, 3.05) is 6.61 Å². The molecule has 1 aromatic carbocycles. The number of hydrogen-bond acceptors (Lipinski definition) is 5. The largest absolute Gasteiger partial charge is 0.463 e. The Morgan fingerprint density at radius 3 is 2.63 bits per heavy atom. The molecule has 0 aromatic heterocycles. The molecular formula is C12H12O6S. The summed E-state index contributed by atoms with van der Waals surface area (Å²) < 4.78 is 29.4. The molecule has 0 aliphatic carbocycles. The summed E-state index contributed by atoms with van der Waals surface area (Å²) >= 11 is -2.09. The summed E-state index contributed by atoms with van der Waals surface area (Å²) in [6.45, 7) is 0.351. The van der Waals surface area contributed by atoms with Crippen LogP contribution < -0.4 is 0 Å². The van der Waals surface area contributed by atoms with Crippen LogP contribution in [-0.2, 0) is 25.3 Å². The van der Waals surface area contributed by atoms with Crippen molar-refractivity contribution >= 4 is 23.0 Å². The number of rotatable bonds is 3. The molecular weight excluding hydrogens is 272 g/mol. The molecule has 1 saturated heterocycles. The minimum atomic E-state index is -2.09. The lowest BCUT2D eigenvalue weighted by Gasteiger charge is -2.20. The van der Waals surface area contributed by atoms with E-state index in [9.17, 15) is 13.8 Å². The Labute approximate surface area is 112 Å². The maximum atomic E-state index is 11.8. The van der Waals surface area contributed by atoms with Crippen molar-refractivity contribution in [3.05, 3.63) is 29.8 Å². The highest BCUT2D eigenvalue weighted by atomic mass is 32.2. The van der Waals surface area contributed by atoms with Crippen molar-refractivity contribution < 1.29 is 27.8 Å². The third-order valence-corrected chi connectivity index (χ3v) is 3.33. The average molecular weight is 284 g/mol. The summed E-state index contributed by atoms with van der Waals surface area (Å²) in [6, 6.07) is 5.46. The molecule has 0 saturated carbocycles. The van der Waals surface area contributed by atoms with Crippen LogP contribution in [0.15, 0.2) is 29.2 Å². The number of esters is 2. The summed E-state index contributed by atoms with van der Waals surface area (Å²) in [5, 5.41) is 0. The second-order valence-electron chi connectivity index (χ2n) is 3.98. The van der Waals surface area contributed by atoms with Gasteiger partial charge < -0.3 is 14.0 Å². The van der Waals surface area contributed by atoms with Crippen LogP contribution in [0.5, 0.6) is 0 Å². The summed E-state index contributed by atoms with van der Waals surface area (Å²) in [6.07, 6.45) is 0.239. The number of benzene rings is 1. The predicted octanol–water partition coefficient (Wildman–Crippen LogP) is 1.13. The average Bonchev–Trinajstić information content (AvgIpc) is 2.41. The zero-order valence-electron chi connectivity index (χ0n) is 9.90. The van der Waals surface area contributed by atoms with Crippen LogP contribution >= 0.6 is 0 Å². The fourth-order valence-corrected chi connectivity index (χ4v) is 2.03. The maximum absolute atomic E-state index is 11.8. The van der Waals surface area contributed by atoms with E-state index >= 15 is 0 Å². The van der Waals surface area contributed by atoms with Gasteiger partial charge >= 0.3 is 11.9 Å². The molecule has 2 unspecified atom stereocenters. The SMILES string of the molecule is O=C(OC1CCCOC1=O)c1ccc(S(=O)O)cc1. The Bertz CT molecular complexity index is 509. The van der Waals surface area contributed by atoms with E-state index in [0.717, 1.165) is 0 Å².